The van der Waals surface area contributed by atoms with Gasteiger partial charge in [-0.15, -0.1) is 0 Å². The molecule has 1 aromatic heterocycles. The lowest BCUT2D eigenvalue weighted by atomic mass is 10.1. The van der Waals surface area contributed by atoms with Crippen molar-refractivity contribution in [2.75, 3.05) is 44.7 Å². The number of hydrogen-bond acceptors (Lipinski definition) is 5. The molecule has 0 saturated carbocycles. The van der Waals surface area contributed by atoms with E-state index in [1.165, 1.54) is 0 Å². The Labute approximate surface area is 172 Å². The third kappa shape index (κ3) is 5.80. The molecule has 0 radical (unpaired) electrons. The first-order valence-corrected chi connectivity index (χ1v) is 11.7. The minimum Gasteiger partial charge on any atom is -0.355 e. The summed E-state index contributed by atoms with van der Waals surface area (Å²) in [4.78, 5) is 6.46. The molecule has 0 aliphatic carbocycles. The van der Waals surface area contributed by atoms with Crippen LogP contribution in [-0.2, 0) is 16.4 Å². The van der Waals surface area contributed by atoms with E-state index >= 15 is 0 Å². The van der Waals surface area contributed by atoms with Crippen LogP contribution in [-0.4, -0.2) is 73.8 Å². The highest BCUT2D eigenvalue weighted by Gasteiger charge is 2.21. The van der Waals surface area contributed by atoms with Crippen LogP contribution in [0.4, 0.5) is 0 Å². The van der Waals surface area contributed by atoms with Crippen molar-refractivity contribution in [3.05, 3.63) is 47.3 Å². The Morgan fingerprint density at radius 2 is 1.90 bits per heavy atom. The summed E-state index contributed by atoms with van der Waals surface area (Å²) in [7, 11) is -1.09. The van der Waals surface area contributed by atoms with Crippen LogP contribution < -0.4 is 10.6 Å². The number of sulfone groups is 1. The molecular weight excluding hydrogens is 388 g/mol. The van der Waals surface area contributed by atoms with Crippen molar-refractivity contribution >= 4 is 15.8 Å². The fourth-order valence-electron chi connectivity index (χ4n) is 3.45. The van der Waals surface area contributed by atoms with E-state index in [0.29, 0.717) is 26.2 Å². The van der Waals surface area contributed by atoms with Crippen molar-refractivity contribution in [3.63, 3.8) is 0 Å². The van der Waals surface area contributed by atoms with Gasteiger partial charge in [-0.3, -0.25) is 9.89 Å². The number of nitrogens with zero attached hydrogens (tertiary/aromatic N) is 4. The second-order valence-electron chi connectivity index (χ2n) is 7.31. The number of aliphatic imine (C=N–C) groups is 1. The maximum Gasteiger partial charge on any atom is 0.191 e. The minimum absolute atomic E-state index is 0.253. The average Bonchev–Trinajstić information content (AvgIpc) is 3.04. The molecule has 0 bridgehead atoms. The summed E-state index contributed by atoms with van der Waals surface area (Å²) in [6, 6.07) is 10.3. The van der Waals surface area contributed by atoms with E-state index in [0.717, 1.165) is 35.1 Å². The molecule has 8 nitrogen and oxygen atoms in total. The van der Waals surface area contributed by atoms with Crippen molar-refractivity contribution < 1.29 is 8.42 Å². The SMILES string of the molecule is CN=C(NCCN1CCS(=O)(=O)CC1)NCc1ccccc1-n1nc(C)cc1C. The molecule has 158 valence electrons. The van der Waals surface area contributed by atoms with Gasteiger partial charge in [0, 0.05) is 45.5 Å². The van der Waals surface area contributed by atoms with Crippen molar-refractivity contribution in [1.82, 2.24) is 25.3 Å². The van der Waals surface area contributed by atoms with E-state index in [1.807, 2.05) is 23.7 Å². The van der Waals surface area contributed by atoms with Gasteiger partial charge in [-0.1, -0.05) is 18.2 Å². The summed E-state index contributed by atoms with van der Waals surface area (Å²) in [6.45, 7) is 7.37. The number of benzene rings is 1. The molecule has 0 amide bonds. The first-order chi connectivity index (χ1) is 13.9. The maximum atomic E-state index is 11.5. The molecule has 29 heavy (non-hydrogen) atoms. The van der Waals surface area contributed by atoms with Crippen molar-refractivity contribution in [2.45, 2.75) is 20.4 Å². The Bertz CT molecular complexity index is 953. The number of aromatic nitrogens is 2. The zero-order valence-electron chi connectivity index (χ0n) is 17.4. The van der Waals surface area contributed by atoms with E-state index in [4.69, 9.17) is 0 Å². The number of guanidine groups is 1. The van der Waals surface area contributed by atoms with E-state index in [1.54, 1.807) is 7.05 Å². The molecule has 2 N–H and O–H groups in total. The molecule has 1 aliphatic heterocycles. The number of hydrogen-bond donors (Lipinski definition) is 2. The standard InChI is InChI=1S/C20H30N6O2S/c1-16-14-17(2)26(24-16)19-7-5-4-6-18(19)15-23-20(21-3)22-8-9-25-10-12-29(27,28)13-11-25/h4-7,14H,8-13,15H2,1-3H3,(H2,21,22,23). The van der Waals surface area contributed by atoms with E-state index in [9.17, 15) is 8.42 Å². The van der Waals surface area contributed by atoms with Crippen LogP contribution in [0.2, 0.25) is 0 Å². The third-order valence-electron chi connectivity index (χ3n) is 5.06. The highest BCUT2D eigenvalue weighted by Crippen LogP contribution is 2.16. The summed E-state index contributed by atoms with van der Waals surface area (Å²) in [5.74, 6) is 1.23. The van der Waals surface area contributed by atoms with Gasteiger partial charge < -0.3 is 10.6 Å². The van der Waals surface area contributed by atoms with Gasteiger partial charge >= 0.3 is 0 Å². The Morgan fingerprint density at radius 3 is 2.55 bits per heavy atom. The molecule has 1 saturated heterocycles. The van der Waals surface area contributed by atoms with E-state index < -0.39 is 9.84 Å². The van der Waals surface area contributed by atoms with Gasteiger partial charge in [-0.05, 0) is 31.5 Å². The van der Waals surface area contributed by atoms with Gasteiger partial charge in [0.05, 0.1) is 22.9 Å². The molecule has 1 fully saturated rings. The molecule has 2 aromatic rings. The van der Waals surface area contributed by atoms with Gasteiger partial charge in [0.1, 0.15) is 0 Å². The summed E-state index contributed by atoms with van der Waals surface area (Å²) in [6.07, 6.45) is 0. The average molecular weight is 419 g/mol. The zero-order valence-corrected chi connectivity index (χ0v) is 18.2. The second kappa shape index (κ2) is 9.41. The first kappa shape index (κ1) is 21.3. The normalized spacial score (nSPS) is 17.3. The van der Waals surface area contributed by atoms with Gasteiger partial charge in [0.15, 0.2) is 15.8 Å². The van der Waals surface area contributed by atoms with Crippen LogP contribution in [0.3, 0.4) is 0 Å². The Balaban J connectivity index is 1.53. The van der Waals surface area contributed by atoms with Gasteiger partial charge in [0.25, 0.3) is 0 Å². The lowest BCUT2D eigenvalue weighted by Crippen LogP contribution is -2.45. The number of rotatable bonds is 6. The predicted molar refractivity (Wildman–Crippen MR) is 116 cm³/mol. The molecule has 0 unspecified atom stereocenters. The monoisotopic (exact) mass is 418 g/mol. The molecule has 0 spiro atoms. The molecular formula is C20H30N6O2S. The van der Waals surface area contributed by atoms with Crippen LogP contribution in [0.15, 0.2) is 35.3 Å². The number of para-hydroxylation sites is 1. The topological polar surface area (TPSA) is 91.6 Å². The Morgan fingerprint density at radius 1 is 1.17 bits per heavy atom. The van der Waals surface area contributed by atoms with E-state index in [2.05, 4.69) is 50.7 Å². The molecule has 2 heterocycles. The van der Waals surface area contributed by atoms with Crippen molar-refractivity contribution in [3.8, 4) is 5.69 Å². The number of aryl methyl sites for hydroxylation is 2. The second-order valence-corrected chi connectivity index (χ2v) is 9.62. The smallest absolute Gasteiger partial charge is 0.191 e. The molecule has 9 heteroatoms. The minimum atomic E-state index is -2.83. The highest BCUT2D eigenvalue weighted by molar-refractivity contribution is 7.91. The molecule has 1 aromatic carbocycles. The summed E-state index contributed by atoms with van der Waals surface area (Å²) in [5.41, 5.74) is 4.27. The Kier molecular flexibility index (Phi) is 6.92. The van der Waals surface area contributed by atoms with Gasteiger partial charge in [0.2, 0.25) is 0 Å². The fraction of sp³-hybridized carbons (Fsp3) is 0.500. The largest absolute Gasteiger partial charge is 0.355 e. The highest BCUT2D eigenvalue weighted by atomic mass is 32.2. The quantitative estimate of drug-likeness (QED) is 0.535. The summed E-state index contributed by atoms with van der Waals surface area (Å²) < 4.78 is 25.0. The van der Waals surface area contributed by atoms with Crippen molar-refractivity contribution in [2.24, 2.45) is 4.99 Å². The van der Waals surface area contributed by atoms with Crippen LogP contribution in [0.1, 0.15) is 17.0 Å². The van der Waals surface area contributed by atoms with Gasteiger partial charge in [-0.2, -0.15) is 5.10 Å². The summed E-state index contributed by atoms with van der Waals surface area (Å²) >= 11 is 0. The lowest BCUT2D eigenvalue weighted by Gasteiger charge is -2.26. The van der Waals surface area contributed by atoms with Crippen LogP contribution >= 0.6 is 0 Å². The molecule has 1 aliphatic rings. The van der Waals surface area contributed by atoms with Crippen LogP contribution in [0, 0.1) is 13.8 Å². The van der Waals surface area contributed by atoms with Crippen LogP contribution in [0.25, 0.3) is 5.69 Å². The van der Waals surface area contributed by atoms with E-state index in [-0.39, 0.29) is 11.5 Å². The van der Waals surface area contributed by atoms with Gasteiger partial charge in [-0.25, -0.2) is 13.1 Å². The maximum absolute atomic E-state index is 11.5. The predicted octanol–water partition coefficient (Wildman–Crippen LogP) is 0.885. The van der Waals surface area contributed by atoms with Crippen molar-refractivity contribution in [1.29, 1.82) is 0 Å². The Hall–Kier alpha value is -2.39. The number of nitrogens with one attached hydrogen (secondary N) is 2. The summed E-state index contributed by atoms with van der Waals surface area (Å²) in [5, 5.41) is 11.3. The molecule has 0 atom stereocenters. The zero-order chi connectivity index (χ0) is 20.9. The molecule has 3 rings (SSSR count). The lowest BCUT2D eigenvalue weighted by molar-refractivity contribution is 0.299. The third-order valence-corrected chi connectivity index (χ3v) is 6.67. The van der Waals surface area contributed by atoms with Crippen LogP contribution in [0.5, 0.6) is 0 Å². The fourth-order valence-corrected chi connectivity index (χ4v) is 4.72. The first-order valence-electron chi connectivity index (χ1n) is 9.87.